The highest BCUT2D eigenvalue weighted by Crippen LogP contribution is 2.24. The number of aromatic nitrogens is 1. The Morgan fingerprint density at radius 2 is 1.91 bits per heavy atom. The zero-order chi connectivity index (χ0) is 23.1. The Balaban J connectivity index is 1.44. The minimum atomic E-state index is -3.71. The van der Waals surface area contributed by atoms with E-state index in [0.29, 0.717) is 36.2 Å². The maximum atomic E-state index is 12.4. The van der Waals surface area contributed by atoms with E-state index in [0.717, 1.165) is 5.75 Å². The van der Waals surface area contributed by atoms with E-state index in [1.165, 1.54) is 40.8 Å². The third-order valence-electron chi connectivity index (χ3n) is 4.78. The molecule has 0 fully saturated rings. The molecule has 0 aliphatic rings. The molecule has 0 aliphatic heterocycles. The topological polar surface area (TPSA) is 97.4 Å². The van der Waals surface area contributed by atoms with Gasteiger partial charge in [-0.2, -0.15) is 0 Å². The number of aryl methyl sites for hydroxylation is 1. The summed E-state index contributed by atoms with van der Waals surface area (Å²) in [4.78, 5) is 16.2. The van der Waals surface area contributed by atoms with E-state index in [-0.39, 0.29) is 10.8 Å². The number of anilines is 2. The molecule has 0 bridgehead atoms. The minimum absolute atomic E-state index is 0.0953. The SMILES string of the molecule is Cc1cc(OCCCC(=O)Nc2ccc(S(=O)(=O)Nc3nccs3)cc2)ccc1C(C)C. The van der Waals surface area contributed by atoms with Crippen molar-refractivity contribution in [3.8, 4) is 5.75 Å². The average molecular weight is 474 g/mol. The third-order valence-corrected chi connectivity index (χ3v) is 6.96. The van der Waals surface area contributed by atoms with Gasteiger partial charge in [-0.05, 0) is 66.8 Å². The van der Waals surface area contributed by atoms with Gasteiger partial charge >= 0.3 is 0 Å². The van der Waals surface area contributed by atoms with Crippen LogP contribution in [-0.4, -0.2) is 25.9 Å². The van der Waals surface area contributed by atoms with E-state index in [4.69, 9.17) is 4.74 Å². The van der Waals surface area contributed by atoms with Crippen LogP contribution < -0.4 is 14.8 Å². The van der Waals surface area contributed by atoms with Gasteiger partial charge in [-0.15, -0.1) is 11.3 Å². The van der Waals surface area contributed by atoms with Crippen LogP contribution in [0, 0.1) is 6.92 Å². The van der Waals surface area contributed by atoms with Gasteiger partial charge in [-0.3, -0.25) is 9.52 Å². The summed E-state index contributed by atoms with van der Waals surface area (Å²) in [7, 11) is -3.71. The quantitative estimate of drug-likeness (QED) is 0.396. The summed E-state index contributed by atoms with van der Waals surface area (Å²) in [5.74, 6) is 1.11. The fraction of sp³-hybridized carbons (Fsp3) is 0.304. The first-order chi connectivity index (χ1) is 15.2. The van der Waals surface area contributed by atoms with Gasteiger partial charge in [0.1, 0.15) is 5.75 Å². The molecule has 0 aliphatic carbocycles. The van der Waals surface area contributed by atoms with Crippen molar-refractivity contribution in [3.63, 3.8) is 0 Å². The molecule has 1 amide bonds. The molecule has 0 atom stereocenters. The van der Waals surface area contributed by atoms with Crippen LogP contribution in [0.1, 0.15) is 43.7 Å². The number of nitrogens with zero attached hydrogens (tertiary/aromatic N) is 1. The lowest BCUT2D eigenvalue weighted by Crippen LogP contribution is -2.14. The van der Waals surface area contributed by atoms with E-state index < -0.39 is 10.0 Å². The molecular formula is C23H27N3O4S2. The largest absolute Gasteiger partial charge is 0.494 e. The Bertz CT molecular complexity index is 1140. The smallest absolute Gasteiger partial charge is 0.263 e. The monoisotopic (exact) mass is 473 g/mol. The van der Waals surface area contributed by atoms with Crippen molar-refractivity contribution in [1.82, 2.24) is 4.98 Å². The Hall–Kier alpha value is -2.91. The van der Waals surface area contributed by atoms with Gasteiger partial charge < -0.3 is 10.1 Å². The van der Waals surface area contributed by atoms with Crippen LogP contribution in [0.15, 0.2) is 58.9 Å². The van der Waals surface area contributed by atoms with Gasteiger partial charge in [0, 0.05) is 23.7 Å². The fourth-order valence-corrected chi connectivity index (χ4v) is 4.99. The van der Waals surface area contributed by atoms with Crippen LogP contribution in [0.25, 0.3) is 0 Å². The molecule has 0 radical (unpaired) electrons. The molecule has 2 N–H and O–H groups in total. The predicted octanol–water partition coefficient (Wildman–Crippen LogP) is 5.17. The number of nitrogens with one attached hydrogen (secondary N) is 2. The van der Waals surface area contributed by atoms with Gasteiger partial charge in [0.2, 0.25) is 5.91 Å². The first kappa shape index (κ1) is 23.7. The van der Waals surface area contributed by atoms with E-state index in [9.17, 15) is 13.2 Å². The van der Waals surface area contributed by atoms with Crippen molar-refractivity contribution in [2.24, 2.45) is 0 Å². The van der Waals surface area contributed by atoms with Crippen LogP contribution in [0.3, 0.4) is 0 Å². The number of rotatable bonds is 10. The molecular weight excluding hydrogens is 446 g/mol. The van der Waals surface area contributed by atoms with Crippen molar-refractivity contribution < 1.29 is 17.9 Å². The first-order valence-corrected chi connectivity index (χ1v) is 12.7. The molecule has 32 heavy (non-hydrogen) atoms. The average Bonchev–Trinajstić information content (AvgIpc) is 3.24. The number of sulfonamides is 1. The summed E-state index contributed by atoms with van der Waals surface area (Å²) >= 11 is 1.20. The van der Waals surface area contributed by atoms with Crippen molar-refractivity contribution in [2.45, 2.75) is 44.4 Å². The number of carbonyl (C=O) groups is 1. The van der Waals surface area contributed by atoms with E-state index in [1.54, 1.807) is 17.5 Å². The second kappa shape index (κ2) is 10.6. The molecule has 0 unspecified atom stereocenters. The number of amides is 1. The van der Waals surface area contributed by atoms with Crippen LogP contribution >= 0.6 is 11.3 Å². The van der Waals surface area contributed by atoms with Crippen molar-refractivity contribution in [2.75, 3.05) is 16.6 Å². The van der Waals surface area contributed by atoms with Crippen LogP contribution in [0.2, 0.25) is 0 Å². The van der Waals surface area contributed by atoms with Gasteiger partial charge in [-0.1, -0.05) is 19.9 Å². The first-order valence-electron chi connectivity index (χ1n) is 10.3. The molecule has 170 valence electrons. The van der Waals surface area contributed by atoms with Gasteiger partial charge in [0.15, 0.2) is 5.13 Å². The van der Waals surface area contributed by atoms with Gasteiger partial charge in [0.05, 0.1) is 11.5 Å². The second-order valence-electron chi connectivity index (χ2n) is 7.64. The number of ether oxygens (including phenoxy) is 1. The highest BCUT2D eigenvalue weighted by atomic mass is 32.2. The molecule has 1 heterocycles. The maximum Gasteiger partial charge on any atom is 0.263 e. The Labute approximate surface area is 192 Å². The summed E-state index contributed by atoms with van der Waals surface area (Å²) in [6, 6.07) is 12.1. The van der Waals surface area contributed by atoms with Crippen LogP contribution in [0.5, 0.6) is 5.75 Å². The summed E-state index contributed by atoms with van der Waals surface area (Å²) in [5, 5.41) is 4.76. The number of thiazole rings is 1. The molecule has 0 saturated heterocycles. The Morgan fingerprint density at radius 3 is 2.53 bits per heavy atom. The molecule has 1 aromatic heterocycles. The van der Waals surface area contributed by atoms with E-state index in [2.05, 4.69) is 41.9 Å². The van der Waals surface area contributed by atoms with E-state index in [1.807, 2.05) is 12.1 Å². The summed E-state index contributed by atoms with van der Waals surface area (Å²) in [6.07, 6.45) is 2.39. The number of hydrogen-bond donors (Lipinski definition) is 2. The van der Waals surface area contributed by atoms with Crippen molar-refractivity contribution in [1.29, 1.82) is 0 Å². The lowest BCUT2D eigenvalue weighted by Gasteiger charge is -2.12. The predicted molar refractivity (Wildman–Crippen MR) is 128 cm³/mol. The highest BCUT2D eigenvalue weighted by molar-refractivity contribution is 7.93. The molecule has 9 heteroatoms. The highest BCUT2D eigenvalue weighted by Gasteiger charge is 2.15. The standard InChI is InChI=1S/C23H27N3O4S2/c1-16(2)21-11-8-19(15-17(21)3)30-13-4-5-22(27)25-18-6-9-20(10-7-18)32(28,29)26-23-24-12-14-31-23/h6-12,14-16H,4-5,13H2,1-3H3,(H,24,26)(H,25,27). The summed E-state index contributed by atoms with van der Waals surface area (Å²) < 4.78 is 32.9. The molecule has 2 aromatic carbocycles. The van der Waals surface area contributed by atoms with Crippen molar-refractivity contribution >= 4 is 38.1 Å². The third kappa shape index (κ3) is 6.54. The Morgan fingerprint density at radius 1 is 1.16 bits per heavy atom. The van der Waals surface area contributed by atoms with Gasteiger partial charge in [-0.25, -0.2) is 13.4 Å². The number of carbonyl (C=O) groups excluding carboxylic acids is 1. The summed E-state index contributed by atoms with van der Waals surface area (Å²) in [6.45, 7) is 6.83. The minimum Gasteiger partial charge on any atom is -0.494 e. The maximum absolute atomic E-state index is 12.4. The number of hydrogen-bond acceptors (Lipinski definition) is 6. The lowest BCUT2D eigenvalue weighted by molar-refractivity contribution is -0.116. The second-order valence-corrected chi connectivity index (χ2v) is 10.2. The summed E-state index contributed by atoms with van der Waals surface area (Å²) in [5.41, 5.74) is 3.03. The molecule has 0 saturated carbocycles. The zero-order valence-electron chi connectivity index (χ0n) is 18.3. The molecule has 3 aromatic rings. The van der Waals surface area contributed by atoms with Gasteiger partial charge in [0.25, 0.3) is 10.0 Å². The molecule has 7 nitrogen and oxygen atoms in total. The van der Waals surface area contributed by atoms with E-state index >= 15 is 0 Å². The number of benzene rings is 2. The lowest BCUT2D eigenvalue weighted by atomic mass is 9.98. The molecule has 3 rings (SSSR count). The van der Waals surface area contributed by atoms with Crippen LogP contribution in [-0.2, 0) is 14.8 Å². The van der Waals surface area contributed by atoms with Crippen molar-refractivity contribution in [3.05, 3.63) is 65.2 Å². The Kier molecular flexibility index (Phi) is 7.87. The normalized spacial score (nSPS) is 11.4. The fourth-order valence-electron chi connectivity index (χ4n) is 3.20. The van der Waals surface area contributed by atoms with Crippen LogP contribution in [0.4, 0.5) is 10.8 Å². The zero-order valence-corrected chi connectivity index (χ0v) is 19.9. The molecule has 0 spiro atoms.